The molecule has 0 saturated carbocycles. The Balaban J connectivity index is 1.84. The summed E-state index contributed by atoms with van der Waals surface area (Å²) in [5.74, 6) is 1.13. The van der Waals surface area contributed by atoms with E-state index in [1.165, 1.54) is 0 Å². The van der Waals surface area contributed by atoms with Gasteiger partial charge in [0.2, 0.25) is 0 Å². The molecule has 0 bridgehead atoms. The molecule has 5 heteroatoms. The number of amides is 1. The molecule has 1 atom stereocenters. The number of carbonyl (C=O) groups is 1. The van der Waals surface area contributed by atoms with Crippen LogP contribution in [0.3, 0.4) is 0 Å². The van der Waals surface area contributed by atoms with Crippen molar-refractivity contribution in [3.05, 3.63) is 53.6 Å². The van der Waals surface area contributed by atoms with Crippen molar-refractivity contribution in [3.8, 4) is 11.5 Å². The minimum absolute atomic E-state index is 0.0131. The van der Waals surface area contributed by atoms with Gasteiger partial charge in [0.05, 0.1) is 19.8 Å². The molecule has 1 saturated heterocycles. The summed E-state index contributed by atoms with van der Waals surface area (Å²) in [6.45, 7) is 1.53. The lowest BCUT2D eigenvalue weighted by molar-refractivity contribution is 0.0775. The number of para-hydroxylation sites is 1. The fourth-order valence-corrected chi connectivity index (χ4v) is 3.59. The van der Waals surface area contributed by atoms with E-state index in [2.05, 4.69) is 17.0 Å². The van der Waals surface area contributed by atoms with Crippen LogP contribution < -0.4 is 14.4 Å². The lowest BCUT2D eigenvalue weighted by atomic mass is 10.1. The highest BCUT2D eigenvalue weighted by Gasteiger charge is 2.46. The van der Waals surface area contributed by atoms with E-state index in [9.17, 15) is 4.79 Å². The average Bonchev–Trinajstić information content (AvgIpc) is 3.15. The number of anilines is 1. The second-order valence-corrected chi connectivity index (χ2v) is 5.67. The number of hydrogen-bond donors (Lipinski definition) is 0. The topological polar surface area (TPSA) is 42.0 Å². The van der Waals surface area contributed by atoms with Gasteiger partial charge in [-0.15, -0.1) is 0 Å². The quantitative estimate of drug-likeness (QED) is 0.874. The zero-order valence-electron chi connectivity index (χ0n) is 13.2. The van der Waals surface area contributed by atoms with Crippen molar-refractivity contribution in [1.82, 2.24) is 4.90 Å². The molecule has 5 nitrogen and oxygen atoms in total. The van der Waals surface area contributed by atoms with Crippen LogP contribution in [-0.2, 0) is 0 Å². The minimum Gasteiger partial charge on any atom is -0.493 e. The van der Waals surface area contributed by atoms with Gasteiger partial charge >= 0.3 is 0 Å². The number of ether oxygens (including phenoxy) is 2. The van der Waals surface area contributed by atoms with Crippen molar-refractivity contribution < 1.29 is 14.3 Å². The van der Waals surface area contributed by atoms with E-state index in [1.807, 2.05) is 35.2 Å². The molecule has 2 aliphatic heterocycles. The Hall–Kier alpha value is -2.69. The summed E-state index contributed by atoms with van der Waals surface area (Å²) in [4.78, 5) is 17.0. The predicted molar refractivity (Wildman–Crippen MR) is 87.1 cm³/mol. The number of rotatable bonds is 3. The summed E-state index contributed by atoms with van der Waals surface area (Å²) in [6, 6.07) is 14.0. The van der Waals surface area contributed by atoms with Crippen LogP contribution in [0.2, 0.25) is 0 Å². The van der Waals surface area contributed by atoms with Crippen LogP contribution in [-0.4, -0.2) is 38.1 Å². The van der Waals surface area contributed by atoms with E-state index in [4.69, 9.17) is 9.47 Å². The fraction of sp³-hybridized carbons (Fsp3) is 0.278. The molecule has 118 valence electrons. The monoisotopic (exact) mass is 310 g/mol. The molecule has 0 aliphatic carbocycles. The van der Waals surface area contributed by atoms with Crippen LogP contribution in [0.15, 0.2) is 42.5 Å². The number of benzene rings is 2. The summed E-state index contributed by atoms with van der Waals surface area (Å²) in [6.07, 6.45) is -0.0697. The smallest absolute Gasteiger partial charge is 0.260 e. The summed E-state index contributed by atoms with van der Waals surface area (Å²) < 4.78 is 10.8. The first-order valence-corrected chi connectivity index (χ1v) is 7.63. The van der Waals surface area contributed by atoms with E-state index in [1.54, 1.807) is 14.2 Å². The van der Waals surface area contributed by atoms with Gasteiger partial charge in [0.1, 0.15) is 6.17 Å². The fourth-order valence-electron chi connectivity index (χ4n) is 3.59. The molecule has 0 aromatic heterocycles. The lowest BCUT2D eigenvalue weighted by Gasteiger charge is -2.27. The average molecular weight is 310 g/mol. The van der Waals surface area contributed by atoms with Crippen LogP contribution >= 0.6 is 0 Å². The van der Waals surface area contributed by atoms with E-state index in [0.29, 0.717) is 23.6 Å². The Labute approximate surface area is 135 Å². The molecule has 0 spiro atoms. The van der Waals surface area contributed by atoms with Gasteiger partial charge in [0.25, 0.3) is 5.91 Å². The highest BCUT2D eigenvalue weighted by Crippen LogP contribution is 2.47. The van der Waals surface area contributed by atoms with Crippen LogP contribution in [0.5, 0.6) is 11.5 Å². The number of methoxy groups -OCH3 is 2. The van der Waals surface area contributed by atoms with E-state index in [-0.39, 0.29) is 12.1 Å². The molecular weight excluding hydrogens is 292 g/mol. The third kappa shape index (κ3) is 1.89. The maximum absolute atomic E-state index is 12.9. The van der Waals surface area contributed by atoms with Gasteiger partial charge in [0, 0.05) is 24.3 Å². The molecule has 1 unspecified atom stereocenters. The molecule has 1 fully saturated rings. The molecular formula is C18H18N2O3. The minimum atomic E-state index is -0.0697. The van der Waals surface area contributed by atoms with Gasteiger partial charge in [0.15, 0.2) is 11.5 Å². The predicted octanol–water partition coefficient (Wildman–Crippen LogP) is 2.68. The van der Waals surface area contributed by atoms with Crippen molar-refractivity contribution in [1.29, 1.82) is 0 Å². The largest absolute Gasteiger partial charge is 0.493 e. The zero-order valence-corrected chi connectivity index (χ0v) is 13.2. The molecule has 4 rings (SSSR count). The van der Waals surface area contributed by atoms with E-state index in [0.717, 1.165) is 17.8 Å². The first-order chi connectivity index (χ1) is 11.3. The van der Waals surface area contributed by atoms with Crippen LogP contribution in [0.4, 0.5) is 5.69 Å². The van der Waals surface area contributed by atoms with E-state index >= 15 is 0 Å². The second kappa shape index (κ2) is 5.19. The van der Waals surface area contributed by atoms with Gasteiger partial charge in [-0.05, 0) is 18.2 Å². The van der Waals surface area contributed by atoms with Crippen molar-refractivity contribution in [2.24, 2.45) is 0 Å². The third-order valence-electron chi connectivity index (χ3n) is 4.59. The van der Waals surface area contributed by atoms with Gasteiger partial charge in [-0.3, -0.25) is 4.79 Å². The molecule has 23 heavy (non-hydrogen) atoms. The van der Waals surface area contributed by atoms with Crippen molar-refractivity contribution >= 4 is 11.6 Å². The maximum atomic E-state index is 12.9. The van der Waals surface area contributed by atoms with Crippen molar-refractivity contribution in [2.45, 2.75) is 6.17 Å². The molecule has 0 N–H and O–H groups in total. The second-order valence-electron chi connectivity index (χ2n) is 5.67. The molecule has 2 aromatic carbocycles. The highest BCUT2D eigenvalue weighted by atomic mass is 16.5. The highest BCUT2D eigenvalue weighted by molar-refractivity contribution is 6.03. The van der Waals surface area contributed by atoms with Gasteiger partial charge in [-0.1, -0.05) is 24.3 Å². The number of carbonyl (C=O) groups excluding carboxylic acids is 1. The first kappa shape index (κ1) is 13.9. The third-order valence-corrected chi connectivity index (χ3v) is 4.59. The zero-order chi connectivity index (χ0) is 16.0. The standard InChI is InChI=1S/C18H18N2O3/c1-22-14-9-8-13-15(16(14)23-2)18(21)20-11-10-19(17(13)20)12-6-4-3-5-7-12/h3-9,17H,10-11H2,1-2H3. The normalized spacial score (nSPS) is 18.9. The first-order valence-electron chi connectivity index (χ1n) is 7.63. The molecule has 0 radical (unpaired) electrons. The van der Waals surface area contributed by atoms with Gasteiger partial charge in [-0.25, -0.2) is 0 Å². The van der Waals surface area contributed by atoms with E-state index < -0.39 is 0 Å². The van der Waals surface area contributed by atoms with Crippen molar-refractivity contribution in [3.63, 3.8) is 0 Å². The Morgan fingerprint density at radius 2 is 1.70 bits per heavy atom. The summed E-state index contributed by atoms with van der Waals surface area (Å²) in [5, 5.41) is 0. The molecule has 2 heterocycles. The maximum Gasteiger partial charge on any atom is 0.260 e. The number of fused-ring (bicyclic) bond motifs is 3. The van der Waals surface area contributed by atoms with Crippen molar-refractivity contribution in [2.75, 3.05) is 32.2 Å². The molecule has 2 aliphatic rings. The summed E-state index contributed by atoms with van der Waals surface area (Å²) in [5.41, 5.74) is 2.72. The van der Waals surface area contributed by atoms with Crippen LogP contribution in [0.25, 0.3) is 0 Å². The summed E-state index contributed by atoms with van der Waals surface area (Å²) in [7, 11) is 3.16. The Morgan fingerprint density at radius 1 is 0.957 bits per heavy atom. The molecule has 2 aromatic rings. The SMILES string of the molecule is COc1ccc2c(c1OC)C(=O)N1CCN(c3ccccc3)C21. The Bertz CT molecular complexity index is 760. The number of nitrogens with zero attached hydrogens (tertiary/aromatic N) is 2. The summed E-state index contributed by atoms with van der Waals surface area (Å²) >= 11 is 0. The Kier molecular flexibility index (Phi) is 3.15. The van der Waals surface area contributed by atoms with Crippen LogP contribution in [0.1, 0.15) is 22.1 Å². The number of hydrogen-bond acceptors (Lipinski definition) is 4. The molecule has 1 amide bonds. The van der Waals surface area contributed by atoms with Crippen LogP contribution in [0, 0.1) is 0 Å². The van der Waals surface area contributed by atoms with Gasteiger partial charge in [-0.2, -0.15) is 0 Å². The lowest BCUT2D eigenvalue weighted by Crippen LogP contribution is -2.28. The Morgan fingerprint density at radius 3 is 2.39 bits per heavy atom. The van der Waals surface area contributed by atoms with Gasteiger partial charge < -0.3 is 19.3 Å².